The third-order valence-corrected chi connectivity index (χ3v) is 2.79. The van der Waals surface area contributed by atoms with Crippen LogP contribution >= 0.6 is 0 Å². The summed E-state index contributed by atoms with van der Waals surface area (Å²) in [5.74, 6) is 0.00546. The molecule has 88 valence electrons. The zero-order chi connectivity index (χ0) is 12.8. The Balaban J connectivity index is 2.94. The Labute approximate surface area is 103 Å². The highest BCUT2D eigenvalue weighted by Gasteiger charge is 2.10. The van der Waals surface area contributed by atoms with Crippen LogP contribution in [0.3, 0.4) is 0 Å². The minimum Gasteiger partial charge on any atom is -0.370 e. The zero-order valence-electron chi connectivity index (χ0n) is 10.6. The molecule has 0 heterocycles. The van der Waals surface area contributed by atoms with Gasteiger partial charge in [-0.1, -0.05) is 0 Å². The van der Waals surface area contributed by atoms with Gasteiger partial charge in [0.25, 0.3) is 0 Å². The van der Waals surface area contributed by atoms with E-state index < -0.39 is 0 Å². The van der Waals surface area contributed by atoms with E-state index >= 15 is 0 Å². The summed E-state index contributed by atoms with van der Waals surface area (Å²) >= 11 is 0. The first-order chi connectivity index (χ1) is 8.12. The van der Waals surface area contributed by atoms with Crippen LogP contribution in [0.25, 0.3) is 0 Å². The topological polar surface area (TPSA) is 50.8 Å². The van der Waals surface area contributed by atoms with E-state index in [2.05, 4.69) is 24.0 Å². The number of hydrogen-bond donors (Lipinski definition) is 0. The van der Waals surface area contributed by atoms with Crippen molar-refractivity contribution in [1.29, 1.82) is 10.5 Å². The normalized spacial score (nSPS) is 11.4. The molecule has 1 atom stereocenters. The van der Waals surface area contributed by atoms with Gasteiger partial charge in [0.05, 0.1) is 23.6 Å². The van der Waals surface area contributed by atoms with E-state index in [-0.39, 0.29) is 5.92 Å². The summed E-state index contributed by atoms with van der Waals surface area (Å²) in [6.45, 7) is 7.50. The zero-order valence-corrected chi connectivity index (χ0v) is 10.6. The number of aryl methyl sites for hydroxylation is 1. The molecule has 0 aliphatic carbocycles. The van der Waals surface area contributed by atoms with Crippen LogP contribution in [0.1, 0.15) is 25.0 Å². The highest BCUT2D eigenvalue weighted by molar-refractivity contribution is 5.53. The predicted molar refractivity (Wildman–Crippen MR) is 68.6 cm³/mol. The molecular weight excluding hydrogens is 210 g/mol. The summed E-state index contributed by atoms with van der Waals surface area (Å²) in [6.07, 6.45) is 0. The maximum Gasteiger partial charge on any atom is 0.0994 e. The predicted octanol–water partition coefficient (Wildman–Crippen LogP) is 2.85. The first kappa shape index (κ1) is 13.1. The van der Waals surface area contributed by atoms with Crippen molar-refractivity contribution in [1.82, 2.24) is 0 Å². The lowest BCUT2D eigenvalue weighted by molar-refractivity contribution is 0.686. The van der Waals surface area contributed by atoms with Gasteiger partial charge in [0.2, 0.25) is 0 Å². The second-order valence-electron chi connectivity index (χ2n) is 4.18. The van der Waals surface area contributed by atoms with Gasteiger partial charge in [0.1, 0.15) is 0 Å². The summed E-state index contributed by atoms with van der Waals surface area (Å²) in [6, 6.07) is 10.2. The summed E-state index contributed by atoms with van der Waals surface area (Å²) < 4.78 is 0. The average molecular weight is 227 g/mol. The van der Waals surface area contributed by atoms with Gasteiger partial charge in [-0.15, -0.1) is 0 Å². The highest BCUT2D eigenvalue weighted by atomic mass is 15.1. The van der Waals surface area contributed by atoms with E-state index in [1.807, 2.05) is 32.0 Å². The molecule has 0 aromatic heterocycles. The summed E-state index contributed by atoms with van der Waals surface area (Å²) in [5, 5.41) is 17.7. The van der Waals surface area contributed by atoms with Crippen LogP contribution < -0.4 is 4.90 Å². The maximum atomic E-state index is 8.88. The molecule has 1 unspecified atom stereocenters. The minimum atomic E-state index is 0.00546. The van der Waals surface area contributed by atoms with Crippen molar-refractivity contribution in [2.45, 2.75) is 20.8 Å². The van der Waals surface area contributed by atoms with E-state index in [1.165, 1.54) is 0 Å². The molecule has 1 rings (SSSR count). The SMILES string of the molecule is CCN(CC(C)C#N)c1ccc(C#N)c(C)c1. The minimum absolute atomic E-state index is 0.00546. The fraction of sp³-hybridized carbons (Fsp3) is 0.429. The molecule has 0 aliphatic heterocycles. The molecule has 3 nitrogen and oxygen atoms in total. The van der Waals surface area contributed by atoms with Gasteiger partial charge in [-0.05, 0) is 44.5 Å². The second kappa shape index (κ2) is 5.92. The van der Waals surface area contributed by atoms with Crippen LogP contribution in [-0.2, 0) is 0 Å². The molecular formula is C14H17N3. The van der Waals surface area contributed by atoms with Crippen molar-refractivity contribution in [3.05, 3.63) is 29.3 Å². The number of benzene rings is 1. The fourth-order valence-electron chi connectivity index (χ4n) is 1.76. The number of nitrogens with zero attached hydrogens (tertiary/aromatic N) is 3. The molecule has 0 saturated heterocycles. The Kier molecular flexibility index (Phi) is 4.55. The van der Waals surface area contributed by atoms with Crippen LogP contribution in [-0.4, -0.2) is 13.1 Å². The number of nitriles is 2. The second-order valence-corrected chi connectivity index (χ2v) is 4.18. The lowest BCUT2D eigenvalue weighted by Crippen LogP contribution is -2.27. The fourth-order valence-corrected chi connectivity index (χ4v) is 1.76. The molecule has 0 bridgehead atoms. The van der Waals surface area contributed by atoms with Gasteiger partial charge in [-0.3, -0.25) is 0 Å². The molecule has 1 aromatic rings. The molecule has 0 fully saturated rings. The first-order valence-electron chi connectivity index (χ1n) is 5.77. The summed E-state index contributed by atoms with van der Waals surface area (Å²) in [4.78, 5) is 2.15. The van der Waals surface area contributed by atoms with E-state index in [9.17, 15) is 0 Å². The number of hydrogen-bond acceptors (Lipinski definition) is 3. The smallest absolute Gasteiger partial charge is 0.0994 e. The molecule has 1 aromatic carbocycles. The van der Waals surface area contributed by atoms with Crippen LogP contribution in [0, 0.1) is 35.5 Å². The van der Waals surface area contributed by atoms with Crippen LogP contribution in [0.15, 0.2) is 18.2 Å². The monoisotopic (exact) mass is 227 g/mol. The summed E-state index contributed by atoms with van der Waals surface area (Å²) in [5.41, 5.74) is 2.76. The quantitative estimate of drug-likeness (QED) is 0.794. The van der Waals surface area contributed by atoms with Gasteiger partial charge >= 0.3 is 0 Å². The Bertz CT molecular complexity index is 465. The Morgan fingerprint density at radius 1 is 1.35 bits per heavy atom. The van der Waals surface area contributed by atoms with E-state index in [0.717, 1.165) is 24.3 Å². The van der Waals surface area contributed by atoms with Gasteiger partial charge in [-0.2, -0.15) is 10.5 Å². The van der Waals surface area contributed by atoms with Gasteiger partial charge in [0.15, 0.2) is 0 Å². The maximum absolute atomic E-state index is 8.88. The van der Waals surface area contributed by atoms with Gasteiger partial charge in [0, 0.05) is 18.8 Å². The van der Waals surface area contributed by atoms with E-state index in [1.54, 1.807) is 0 Å². The van der Waals surface area contributed by atoms with E-state index in [4.69, 9.17) is 10.5 Å². The molecule has 0 aliphatic rings. The van der Waals surface area contributed by atoms with Crippen LogP contribution in [0.4, 0.5) is 5.69 Å². The van der Waals surface area contributed by atoms with Crippen molar-refractivity contribution >= 4 is 5.69 Å². The lowest BCUT2D eigenvalue weighted by atomic mass is 10.1. The molecule has 0 spiro atoms. The molecule has 0 amide bonds. The number of rotatable bonds is 4. The van der Waals surface area contributed by atoms with E-state index in [0.29, 0.717) is 5.56 Å². The van der Waals surface area contributed by atoms with Crippen molar-refractivity contribution < 1.29 is 0 Å². The van der Waals surface area contributed by atoms with Crippen LogP contribution in [0.2, 0.25) is 0 Å². The third-order valence-electron chi connectivity index (χ3n) is 2.79. The molecule has 0 saturated carbocycles. The number of anilines is 1. The standard InChI is InChI=1S/C14H17N3/c1-4-17(10-11(2)8-15)14-6-5-13(9-16)12(3)7-14/h5-7,11H,4,10H2,1-3H3. The average Bonchev–Trinajstić information content (AvgIpc) is 2.35. The molecule has 3 heteroatoms. The molecule has 0 radical (unpaired) electrons. The summed E-state index contributed by atoms with van der Waals surface area (Å²) in [7, 11) is 0. The Hall–Kier alpha value is -2.00. The molecule has 0 N–H and O–H groups in total. The van der Waals surface area contributed by atoms with Crippen molar-refractivity contribution in [3.63, 3.8) is 0 Å². The molecule has 17 heavy (non-hydrogen) atoms. The van der Waals surface area contributed by atoms with Gasteiger partial charge in [-0.25, -0.2) is 0 Å². The van der Waals surface area contributed by atoms with Crippen molar-refractivity contribution in [2.75, 3.05) is 18.0 Å². The Morgan fingerprint density at radius 3 is 2.53 bits per heavy atom. The first-order valence-corrected chi connectivity index (χ1v) is 5.77. The van der Waals surface area contributed by atoms with Crippen molar-refractivity contribution in [2.24, 2.45) is 5.92 Å². The lowest BCUT2D eigenvalue weighted by Gasteiger charge is -2.24. The van der Waals surface area contributed by atoms with Crippen LogP contribution in [0.5, 0.6) is 0 Å². The van der Waals surface area contributed by atoms with Crippen molar-refractivity contribution in [3.8, 4) is 12.1 Å². The van der Waals surface area contributed by atoms with Gasteiger partial charge < -0.3 is 4.90 Å². The largest absolute Gasteiger partial charge is 0.370 e. The third kappa shape index (κ3) is 3.23. The Morgan fingerprint density at radius 2 is 2.06 bits per heavy atom. The highest BCUT2D eigenvalue weighted by Crippen LogP contribution is 2.19.